The van der Waals surface area contributed by atoms with Crippen LogP contribution in [0, 0.1) is 0 Å². The van der Waals surface area contributed by atoms with E-state index in [2.05, 4.69) is 31.2 Å². The second-order valence-corrected chi connectivity index (χ2v) is 4.77. The Kier molecular flexibility index (Phi) is 4.44. The number of anilines is 2. The summed E-state index contributed by atoms with van der Waals surface area (Å²) in [6.45, 7) is 0. The molecule has 0 saturated carbocycles. The first-order valence-electron chi connectivity index (χ1n) is 5.30. The van der Waals surface area contributed by atoms with Crippen LogP contribution in [0.1, 0.15) is 0 Å². The van der Waals surface area contributed by atoms with Gasteiger partial charge in [-0.25, -0.2) is 4.98 Å². The molecule has 0 aliphatic heterocycles. The van der Waals surface area contributed by atoms with Crippen molar-refractivity contribution < 1.29 is 9.47 Å². The molecule has 0 spiro atoms. The molecule has 5 nitrogen and oxygen atoms in total. The number of nitrogens with zero attached hydrogens (tertiary/aromatic N) is 2. The first-order valence-corrected chi connectivity index (χ1v) is 6.47. The number of rotatable bonds is 4. The zero-order valence-electron chi connectivity index (χ0n) is 10.3. The van der Waals surface area contributed by atoms with Gasteiger partial charge in [0.2, 0.25) is 5.95 Å². The summed E-state index contributed by atoms with van der Waals surface area (Å²) in [5.41, 5.74) is 0.745. The highest BCUT2D eigenvalue weighted by atomic mass is 79.9. The Labute approximate surface area is 124 Å². The van der Waals surface area contributed by atoms with Gasteiger partial charge < -0.3 is 14.8 Å². The number of benzene rings is 1. The highest BCUT2D eigenvalue weighted by Gasteiger charge is 2.06. The van der Waals surface area contributed by atoms with Crippen LogP contribution in [0.3, 0.4) is 0 Å². The van der Waals surface area contributed by atoms with Gasteiger partial charge in [0.25, 0.3) is 0 Å². The standard InChI is InChI=1S/C12H11BrClN3O2/c1-18-8-3-7(4-9(5-8)19-2)16-12-15-6-10(13)11(14)17-12/h3-6H,1-2H3,(H,15,16,17). The van der Waals surface area contributed by atoms with Gasteiger partial charge in [-0.1, -0.05) is 11.6 Å². The summed E-state index contributed by atoms with van der Waals surface area (Å²) in [5, 5.41) is 3.37. The summed E-state index contributed by atoms with van der Waals surface area (Å²) >= 11 is 9.15. The van der Waals surface area contributed by atoms with Crippen LogP contribution in [0.15, 0.2) is 28.9 Å². The number of hydrogen-bond donors (Lipinski definition) is 1. The molecule has 100 valence electrons. The molecular weight excluding hydrogens is 334 g/mol. The third-order valence-electron chi connectivity index (χ3n) is 2.31. The topological polar surface area (TPSA) is 56.3 Å². The van der Waals surface area contributed by atoms with Gasteiger partial charge in [-0.15, -0.1) is 0 Å². The van der Waals surface area contributed by atoms with Crippen molar-refractivity contribution in [2.75, 3.05) is 19.5 Å². The molecule has 1 N–H and O–H groups in total. The van der Waals surface area contributed by atoms with Gasteiger partial charge in [0.05, 0.1) is 18.7 Å². The van der Waals surface area contributed by atoms with Crippen molar-refractivity contribution in [3.8, 4) is 11.5 Å². The fourth-order valence-corrected chi connectivity index (χ4v) is 1.74. The van der Waals surface area contributed by atoms with Crippen LogP contribution in [0.2, 0.25) is 5.15 Å². The Morgan fingerprint density at radius 2 is 1.79 bits per heavy atom. The minimum absolute atomic E-state index is 0.340. The third kappa shape index (κ3) is 3.48. The maximum Gasteiger partial charge on any atom is 0.228 e. The Bertz CT molecular complexity index is 573. The van der Waals surface area contributed by atoms with Crippen molar-refractivity contribution in [1.82, 2.24) is 9.97 Å². The maximum atomic E-state index is 5.91. The smallest absolute Gasteiger partial charge is 0.228 e. The fraction of sp³-hybridized carbons (Fsp3) is 0.167. The van der Waals surface area contributed by atoms with Crippen LogP contribution in [0.5, 0.6) is 11.5 Å². The molecule has 0 aliphatic carbocycles. The van der Waals surface area contributed by atoms with Crippen molar-refractivity contribution >= 4 is 39.2 Å². The van der Waals surface area contributed by atoms with Crippen LogP contribution >= 0.6 is 27.5 Å². The maximum absolute atomic E-state index is 5.91. The van der Waals surface area contributed by atoms with E-state index in [-0.39, 0.29) is 0 Å². The lowest BCUT2D eigenvalue weighted by atomic mass is 10.3. The van der Waals surface area contributed by atoms with Crippen molar-refractivity contribution in [2.45, 2.75) is 0 Å². The van der Waals surface area contributed by atoms with Crippen molar-refractivity contribution in [1.29, 1.82) is 0 Å². The third-order valence-corrected chi connectivity index (χ3v) is 3.41. The molecule has 7 heteroatoms. The van der Waals surface area contributed by atoms with E-state index in [1.165, 1.54) is 0 Å². The average molecular weight is 345 g/mol. The van der Waals surface area contributed by atoms with Gasteiger partial charge in [-0.3, -0.25) is 0 Å². The normalized spacial score (nSPS) is 10.1. The lowest BCUT2D eigenvalue weighted by Crippen LogP contribution is -1.98. The summed E-state index contributed by atoms with van der Waals surface area (Å²) < 4.78 is 11.0. The largest absolute Gasteiger partial charge is 0.497 e. The van der Waals surface area contributed by atoms with Crippen molar-refractivity contribution in [2.24, 2.45) is 0 Å². The van der Waals surface area contributed by atoms with Gasteiger partial charge in [-0.2, -0.15) is 4.98 Å². The van der Waals surface area contributed by atoms with E-state index in [4.69, 9.17) is 21.1 Å². The molecule has 19 heavy (non-hydrogen) atoms. The Morgan fingerprint density at radius 1 is 1.16 bits per heavy atom. The predicted octanol–water partition coefficient (Wildman–Crippen LogP) is 3.65. The minimum atomic E-state index is 0.340. The van der Waals surface area contributed by atoms with Gasteiger partial charge >= 0.3 is 0 Å². The number of ether oxygens (including phenoxy) is 2. The molecule has 0 bridgehead atoms. The van der Waals surface area contributed by atoms with Gasteiger partial charge in [0.15, 0.2) is 0 Å². The van der Waals surface area contributed by atoms with E-state index >= 15 is 0 Å². The van der Waals surface area contributed by atoms with E-state index in [0.29, 0.717) is 27.1 Å². The number of hydrogen-bond acceptors (Lipinski definition) is 5. The molecule has 0 unspecified atom stereocenters. The van der Waals surface area contributed by atoms with Crippen LogP contribution < -0.4 is 14.8 Å². The highest BCUT2D eigenvalue weighted by Crippen LogP contribution is 2.28. The van der Waals surface area contributed by atoms with Crippen LogP contribution in [0.4, 0.5) is 11.6 Å². The molecule has 1 heterocycles. The Balaban J connectivity index is 2.29. The second kappa shape index (κ2) is 6.08. The highest BCUT2D eigenvalue weighted by molar-refractivity contribution is 9.10. The molecule has 1 aromatic carbocycles. The lowest BCUT2D eigenvalue weighted by molar-refractivity contribution is 0.395. The molecule has 0 aliphatic rings. The first kappa shape index (κ1) is 13.9. The van der Waals surface area contributed by atoms with Crippen molar-refractivity contribution in [3.05, 3.63) is 34.0 Å². The van der Waals surface area contributed by atoms with E-state index < -0.39 is 0 Å². The predicted molar refractivity (Wildman–Crippen MR) is 77.6 cm³/mol. The van der Waals surface area contributed by atoms with Crippen LogP contribution in [-0.4, -0.2) is 24.2 Å². The minimum Gasteiger partial charge on any atom is -0.497 e. The number of methoxy groups -OCH3 is 2. The van der Waals surface area contributed by atoms with Crippen LogP contribution in [0.25, 0.3) is 0 Å². The zero-order valence-corrected chi connectivity index (χ0v) is 12.6. The molecule has 2 aromatic rings. The quantitative estimate of drug-likeness (QED) is 0.858. The summed E-state index contributed by atoms with van der Waals surface area (Å²) in [6.07, 6.45) is 1.58. The average Bonchev–Trinajstić information content (AvgIpc) is 2.42. The zero-order chi connectivity index (χ0) is 13.8. The Hall–Kier alpha value is -1.53. The van der Waals surface area contributed by atoms with E-state index in [1.807, 2.05) is 12.1 Å². The molecular formula is C12H11BrClN3O2. The SMILES string of the molecule is COc1cc(Nc2ncc(Br)c(Cl)n2)cc(OC)c1. The molecule has 0 radical (unpaired) electrons. The molecule has 0 saturated heterocycles. The lowest BCUT2D eigenvalue weighted by Gasteiger charge is -2.09. The Morgan fingerprint density at radius 3 is 2.32 bits per heavy atom. The van der Waals surface area contributed by atoms with E-state index in [0.717, 1.165) is 5.69 Å². The van der Waals surface area contributed by atoms with Crippen molar-refractivity contribution in [3.63, 3.8) is 0 Å². The van der Waals surface area contributed by atoms with E-state index in [1.54, 1.807) is 26.5 Å². The first-order chi connectivity index (χ1) is 9.12. The number of halogens is 2. The number of nitrogens with one attached hydrogen (secondary N) is 1. The molecule has 0 atom stereocenters. The van der Waals surface area contributed by atoms with Gasteiger partial charge in [0.1, 0.15) is 16.7 Å². The van der Waals surface area contributed by atoms with E-state index in [9.17, 15) is 0 Å². The monoisotopic (exact) mass is 343 g/mol. The summed E-state index contributed by atoms with van der Waals surface area (Å²) in [4.78, 5) is 8.20. The summed E-state index contributed by atoms with van der Waals surface area (Å²) in [6, 6.07) is 5.39. The van der Waals surface area contributed by atoms with Crippen LogP contribution in [-0.2, 0) is 0 Å². The summed E-state index contributed by atoms with van der Waals surface area (Å²) in [7, 11) is 3.18. The molecule has 1 aromatic heterocycles. The molecule has 0 fully saturated rings. The second-order valence-electron chi connectivity index (χ2n) is 3.56. The molecule has 2 rings (SSSR count). The van der Waals surface area contributed by atoms with Gasteiger partial charge in [0, 0.05) is 30.1 Å². The fourth-order valence-electron chi connectivity index (χ4n) is 1.42. The number of aromatic nitrogens is 2. The molecule has 0 amide bonds. The van der Waals surface area contributed by atoms with Gasteiger partial charge in [-0.05, 0) is 15.9 Å². The summed E-state index contributed by atoms with van der Waals surface area (Å²) in [5.74, 6) is 1.73.